The van der Waals surface area contributed by atoms with Gasteiger partial charge >= 0.3 is 0 Å². The molecule has 54 valence electrons. The van der Waals surface area contributed by atoms with Crippen molar-refractivity contribution in [2.24, 2.45) is 5.73 Å². The van der Waals surface area contributed by atoms with E-state index in [9.17, 15) is 4.79 Å². The summed E-state index contributed by atoms with van der Waals surface area (Å²) in [6.07, 6.45) is 0. The lowest BCUT2D eigenvalue weighted by Crippen LogP contribution is -2.11. The van der Waals surface area contributed by atoms with Gasteiger partial charge in [-0.3, -0.25) is 4.79 Å². The molecule has 0 saturated carbocycles. The zero-order chi connectivity index (χ0) is 7.72. The second-order valence-electron chi connectivity index (χ2n) is 1.79. The van der Waals surface area contributed by atoms with Gasteiger partial charge in [-0.2, -0.15) is 0 Å². The summed E-state index contributed by atoms with van der Waals surface area (Å²) in [6.45, 7) is 0. The van der Waals surface area contributed by atoms with Gasteiger partial charge in [0.05, 0.1) is 10.6 Å². The third kappa shape index (κ3) is 1.03. The molecule has 0 unspecified atom stereocenters. The Hall–Kier alpha value is -1.23. The molecule has 1 aromatic rings. The number of hydrogen-bond acceptors (Lipinski definition) is 4. The summed E-state index contributed by atoms with van der Waals surface area (Å²) < 4.78 is 0. The van der Waals surface area contributed by atoms with Crippen molar-refractivity contribution in [3.63, 3.8) is 0 Å². The fourth-order valence-corrected chi connectivity index (χ4v) is 1.32. The lowest BCUT2D eigenvalue weighted by molar-refractivity contribution is 0.100. The first-order chi connectivity index (χ1) is 4.61. The van der Waals surface area contributed by atoms with Gasteiger partial charge < -0.3 is 17.2 Å². The van der Waals surface area contributed by atoms with Crippen LogP contribution in [0.3, 0.4) is 0 Å². The standard InChI is InChI=1S/C5H7N3OS/c6-3-1-2(4(7)9)5(8)10-3/h1H,6,8H2,(H2,7,9). The Kier molecular flexibility index (Phi) is 1.50. The first-order valence-electron chi connectivity index (χ1n) is 2.56. The van der Waals surface area contributed by atoms with Crippen molar-refractivity contribution in [1.82, 2.24) is 0 Å². The van der Waals surface area contributed by atoms with E-state index >= 15 is 0 Å². The first kappa shape index (κ1) is 6.88. The van der Waals surface area contributed by atoms with Gasteiger partial charge in [0.1, 0.15) is 5.00 Å². The van der Waals surface area contributed by atoms with Crippen molar-refractivity contribution >= 4 is 27.2 Å². The van der Waals surface area contributed by atoms with Crippen LogP contribution in [0.4, 0.5) is 10.0 Å². The summed E-state index contributed by atoms with van der Waals surface area (Å²) in [7, 11) is 0. The zero-order valence-electron chi connectivity index (χ0n) is 5.13. The normalized spacial score (nSPS) is 9.60. The Bertz CT molecular complexity index is 268. The lowest BCUT2D eigenvalue weighted by Gasteiger charge is -1.87. The molecular weight excluding hydrogens is 150 g/mol. The number of nitrogens with two attached hydrogens (primary N) is 3. The fraction of sp³-hybridized carbons (Fsp3) is 0. The summed E-state index contributed by atoms with van der Waals surface area (Å²) >= 11 is 1.15. The third-order valence-corrected chi connectivity index (χ3v) is 1.84. The van der Waals surface area contributed by atoms with Crippen LogP contribution in [-0.4, -0.2) is 5.91 Å². The Morgan fingerprint density at radius 1 is 1.50 bits per heavy atom. The van der Waals surface area contributed by atoms with Crippen LogP contribution in [0.25, 0.3) is 0 Å². The van der Waals surface area contributed by atoms with Crippen molar-refractivity contribution in [3.05, 3.63) is 11.6 Å². The molecule has 0 bridgehead atoms. The molecule has 0 saturated heterocycles. The van der Waals surface area contributed by atoms with Gasteiger partial charge in [0.2, 0.25) is 0 Å². The summed E-state index contributed by atoms with van der Waals surface area (Å²) in [5.41, 5.74) is 16.0. The highest BCUT2D eigenvalue weighted by molar-refractivity contribution is 7.20. The van der Waals surface area contributed by atoms with E-state index in [1.807, 2.05) is 0 Å². The maximum absolute atomic E-state index is 10.5. The number of nitrogen functional groups attached to an aromatic ring is 2. The topological polar surface area (TPSA) is 95.1 Å². The number of anilines is 2. The predicted octanol–water partition coefficient (Wildman–Crippen LogP) is 0.0114. The van der Waals surface area contributed by atoms with Gasteiger partial charge in [0.15, 0.2) is 0 Å². The van der Waals surface area contributed by atoms with E-state index in [0.29, 0.717) is 15.6 Å². The molecule has 1 amide bonds. The van der Waals surface area contributed by atoms with Crippen molar-refractivity contribution in [1.29, 1.82) is 0 Å². The lowest BCUT2D eigenvalue weighted by atomic mass is 10.3. The van der Waals surface area contributed by atoms with E-state index in [2.05, 4.69) is 0 Å². The molecule has 0 aromatic carbocycles. The monoisotopic (exact) mass is 157 g/mol. The van der Waals surface area contributed by atoms with Gasteiger partial charge in [-0.15, -0.1) is 11.3 Å². The van der Waals surface area contributed by atoms with Crippen LogP contribution in [0.15, 0.2) is 6.07 Å². The van der Waals surface area contributed by atoms with Crippen LogP contribution in [0, 0.1) is 0 Å². The Balaban J connectivity index is 3.15. The van der Waals surface area contributed by atoms with E-state index < -0.39 is 5.91 Å². The molecule has 5 heteroatoms. The zero-order valence-corrected chi connectivity index (χ0v) is 5.94. The van der Waals surface area contributed by atoms with Crippen LogP contribution in [0.5, 0.6) is 0 Å². The molecular formula is C5H7N3OS. The number of hydrogen-bond donors (Lipinski definition) is 3. The number of carbonyl (C=O) groups is 1. The highest BCUT2D eigenvalue weighted by Gasteiger charge is 2.08. The molecule has 1 aromatic heterocycles. The van der Waals surface area contributed by atoms with Gasteiger partial charge in [0, 0.05) is 0 Å². The van der Waals surface area contributed by atoms with Crippen molar-refractivity contribution in [2.45, 2.75) is 0 Å². The molecule has 0 spiro atoms. The molecule has 6 N–H and O–H groups in total. The van der Waals surface area contributed by atoms with Gasteiger partial charge in [0.25, 0.3) is 5.91 Å². The van der Waals surface area contributed by atoms with Gasteiger partial charge in [-0.1, -0.05) is 0 Å². The van der Waals surface area contributed by atoms with E-state index in [1.165, 1.54) is 6.07 Å². The molecule has 1 rings (SSSR count). The second kappa shape index (κ2) is 2.18. The third-order valence-electron chi connectivity index (χ3n) is 1.05. The molecule has 1 heterocycles. The van der Waals surface area contributed by atoms with Crippen LogP contribution in [-0.2, 0) is 0 Å². The summed E-state index contributed by atoms with van der Waals surface area (Å²) in [4.78, 5) is 10.5. The quantitative estimate of drug-likeness (QED) is 0.536. The van der Waals surface area contributed by atoms with Crippen molar-refractivity contribution in [2.75, 3.05) is 11.5 Å². The summed E-state index contributed by atoms with van der Waals surface area (Å²) in [6, 6.07) is 1.47. The molecule has 0 atom stereocenters. The Morgan fingerprint density at radius 3 is 2.30 bits per heavy atom. The molecule has 0 aliphatic rings. The largest absolute Gasteiger partial charge is 0.391 e. The number of carbonyl (C=O) groups excluding carboxylic acids is 1. The van der Waals surface area contributed by atoms with E-state index in [4.69, 9.17) is 17.2 Å². The van der Waals surface area contributed by atoms with Crippen LogP contribution >= 0.6 is 11.3 Å². The number of rotatable bonds is 1. The molecule has 0 aliphatic heterocycles. The predicted molar refractivity (Wildman–Crippen MR) is 41.7 cm³/mol. The highest BCUT2D eigenvalue weighted by Crippen LogP contribution is 2.25. The number of amides is 1. The van der Waals surface area contributed by atoms with Crippen LogP contribution in [0.1, 0.15) is 10.4 Å². The molecule has 10 heavy (non-hydrogen) atoms. The second-order valence-corrected chi connectivity index (χ2v) is 2.91. The van der Waals surface area contributed by atoms with E-state index in [1.54, 1.807) is 0 Å². The average molecular weight is 157 g/mol. The van der Waals surface area contributed by atoms with Crippen LogP contribution < -0.4 is 17.2 Å². The molecule has 4 nitrogen and oxygen atoms in total. The number of thiophene rings is 1. The van der Waals surface area contributed by atoms with E-state index in [-0.39, 0.29) is 0 Å². The van der Waals surface area contributed by atoms with Gasteiger partial charge in [-0.25, -0.2) is 0 Å². The summed E-state index contributed by atoms with van der Waals surface area (Å²) in [5, 5.41) is 0.885. The smallest absolute Gasteiger partial charge is 0.251 e. The SMILES string of the molecule is NC(=O)c1cc(N)sc1N. The van der Waals surface area contributed by atoms with Crippen molar-refractivity contribution < 1.29 is 4.79 Å². The molecule has 0 radical (unpaired) electrons. The Labute approximate surface area is 61.6 Å². The fourth-order valence-electron chi connectivity index (χ4n) is 0.617. The minimum Gasteiger partial charge on any atom is -0.391 e. The Morgan fingerprint density at radius 2 is 2.10 bits per heavy atom. The maximum atomic E-state index is 10.5. The maximum Gasteiger partial charge on any atom is 0.251 e. The first-order valence-corrected chi connectivity index (χ1v) is 3.37. The van der Waals surface area contributed by atoms with Gasteiger partial charge in [-0.05, 0) is 6.07 Å². The molecule has 0 fully saturated rings. The molecule has 0 aliphatic carbocycles. The minimum absolute atomic E-state index is 0.308. The minimum atomic E-state index is -0.537. The van der Waals surface area contributed by atoms with Crippen LogP contribution in [0.2, 0.25) is 0 Å². The highest BCUT2D eigenvalue weighted by atomic mass is 32.1. The average Bonchev–Trinajstić information content (AvgIpc) is 2.10. The number of primary amides is 1. The van der Waals surface area contributed by atoms with E-state index in [0.717, 1.165) is 11.3 Å². The van der Waals surface area contributed by atoms with Crippen molar-refractivity contribution in [3.8, 4) is 0 Å². The summed E-state index contributed by atoms with van der Waals surface area (Å²) in [5.74, 6) is -0.537.